The SMILES string of the molecule is C[C@H]1C[C@H](Cn2ncc3cc(-c4cn[nH]c4)ccc32)CN1C(=O)Cc1ccccc1. The van der Waals surface area contributed by atoms with Crippen LogP contribution in [0.2, 0.25) is 0 Å². The molecule has 6 heteroatoms. The van der Waals surface area contributed by atoms with E-state index in [-0.39, 0.29) is 11.9 Å². The number of hydrogen-bond acceptors (Lipinski definition) is 3. The van der Waals surface area contributed by atoms with Crippen molar-refractivity contribution in [3.05, 3.63) is 72.7 Å². The third-order valence-electron chi connectivity index (χ3n) is 6.08. The van der Waals surface area contributed by atoms with E-state index >= 15 is 0 Å². The summed E-state index contributed by atoms with van der Waals surface area (Å²) in [7, 11) is 0. The van der Waals surface area contributed by atoms with E-state index in [1.165, 1.54) is 0 Å². The quantitative estimate of drug-likeness (QED) is 0.553. The number of nitrogens with zero attached hydrogens (tertiary/aromatic N) is 4. The molecule has 30 heavy (non-hydrogen) atoms. The van der Waals surface area contributed by atoms with E-state index in [1.54, 1.807) is 0 Å². The minimum absolute atomic E-state index is 0.214. The number of fused-ring (bicyclic) bond motifs is 1. The smallest absolute Gasteiger partial charge is 0.227 e. The summed E-state index contributed by atoms with van der Waals surface area (Å²) in [5.74, 6) is 0.627. The first-order valence-electron chi connectivity index (χ1n) is 10.5. The summed E-state index contributed by atoms with van der Waals surface area (Å²) < 4.78 is 2.08. The Kier molecular flexibility index (Phi) is 4.83. The van der Waals surface area contributed by atoms with Crippen molar-refractivity contribution in [2.75, 3.05) is 6.54 Å². The van der Waals surface area contributed by atoms with Crippen molar-refractivity contribution < 1.29 is 4.79 Å². The summed E-state index contributed by atoms with van der Waals surface area (Å²) in [6, 6.07) is 16.6. The molecular weight excluding hydrogens is 374 g/mol. The molecule has 4 aromatic rings. The van der Waals surface area contributed by atoms with Gasteiger partial charge in [-0.25, -0.2) is 0 Å². The summed E-state index contributed by atoms with van der Waals surface area (Å²) in [6.07, 6.45) is 7.13. The van der Waals surface area contributed by atoms with Gasteiger partial charge in [-0.1, -0.05) is 36.4 Å². The number of rotatable bonds is 5. The van der Waals surface area contributed by atoms with Crippen LogP contribution in [0.1, 0.15) is 18.9 Å². The van der Waals surface area contributed by atoms with Crippen LogP contribution in [-0.2, 0) is 17.8 Å². The molecule has 1 aliphatic rings. The lowest BCUT2D eigenvalue weighted by molar-refractivity contribution is -0.131. The van der Waals surface area contributed by atoms with E-state index in [0.717, 1.165) is 47.1 Å². The van der Waals surface area contributed by atoms with E-state index in [2.05, 4.69) is 45.1 Å². The van der Waals surface area contributed by atoms with E-state index in [4.69, 9.17) is 0 Å². The van der Waals surface area contributed by atoms with Gasteiger partial charge in [-0.3, -0.25) is 14.6 Å². The molecule has 0 bridgehead atoms. The van der Waals surface area contributed by atoms with Crippen LogP contribution in [-0.4, -0.2) is 43.4 Å². The number of hydrogen-bond donors (Lipinski definition) is 1. The third-order valence-corrected chi connectivity index (χ3v) is 6.08. The normalized spacial score (nSPS) is 18.9. The van der Waals surface area contributed by atoms with Crippen molar-refractivity contribution in [3.8, 4) is 11.1 Å². The fourth-order valence-corrected chi connectivity index (χ4v) is 4.56. The van der Waals surface area contributed by atoms with Gasteiger partial charge in [0.15, 0.2) is 0 Å². The van der Waals surface area contributed by atoms with Crippen molar-refractivity contribution in [2.24, 2.45) is 5.92 Å². The van der Waals surface area contributed by atoms with E-state index in [1.807, 2.05) is 53.8 Å². The zero-order valence-electron chi connectivity index (χ0n) is 17.0. The minimum Gasteiger partial charge on any atom is -0.339 e. The number of H-pyrrole nitrogens is 1. The van der Waals surface area contributed by atoms with Gasteiger partial charge >= 0.3 is 0 Å². The molecule has 2 aromatic carbocycles. The Morgan fingerprint density at radius 2 is 2.00 bits per heavy atom. The maximum absolute atomic E-state index is 12.8. The van der Waals surface area contributed by atoms with Crippen LogP contribution in [0.4, 0.5) is 0 Å². The number of carbonyl (C=O) groups is 1. The second-order valence-corrected chi connectivity index (χ2v) is 8.25. The largest absolute Gasteiger partial charge is 0.339 e. The number of carbonyl (C=O) groups excluding carboxylic acids is 1. The van der Waals surface area contributed by atoms with E-state index in [0.29, 0.717) is 12.3 Å². The molecule has 1 aliphatic heterocycles. The number of aromatic nitrogens is 4. The zero-order chi connectivity index (χ0) is 20.5. The molecule has 2 atom stereocenters. The summed E-state index contributed by atoms with van der Waals surface area (Å²) in [4.78, 5) is 14.9. The fraction of sp³-hybridized carbons (Fsp3) is 0.292. The van der Waals surface area contributed by atoms with Crippen LogP contribution >= 0.6 is 0 Å². The van der Waals surface area contributed by atoms with Crippen molar-refractivity contribution in [2.45, 2.75) is 32.4 Å². The molecule has 1 amide bonds. The Hall–Kier alpha value is -3.41. The van der Waals surface area contributed by atoms with E-state index in [9.17, 15) is 4.79 Å². The average Bonchev–Trinajstić information content (AvgIpc) is 3.49. The molecule has 0 saturated carbocycles. The molecule has 2 aromatic heterocycles. The second kappa shape index (κ2) is 7.78. The first-order valence-corrected chi connectivity index (χ1v) is 10.5. The van der Waals surface area contributed by atoms with Gasteiger partial charge < -0.3 is 4.90 Å². The maximum atomic E-state index is 12.8. The minimum atomic E-state index is 0.214. The number of amides is 1. The van der Waals surface area contributed by atoms with Crippen LogP contribution < -0.4 is 0 Å². The maximum Gasteiger partial charge on any atom is 0.227 e. The lowest BCUT2D eigenvalue weighted by Gasteiger charge is -2.21. The Morgan fingerprint density at radius 3 is 2.80 bits per heavy atom. The molecule has 152 valence electrons. The molecule has 0 unspecified atom stereocenters. The highest BCUT2D eigenvalue weighted by atomic mass is 16.2. The first kappa shape index (κ1) is 18.6. The zero-order valence-corrected chi connectivity index (χ0v) is 17.0. The molecule has 6 nitrogen and oxygen atoms in total. The highest BCUT2D eigenvalue weighted by Gasteiger charge is 2.32. The predicted molar refractivity (Wildman–Crippen MR) is 117 cm³/mol. The van der Waals surface area contributed by atoms with Crippen molar-refractivity contribution in [1.29, 1.82) is 0 Å². The fourth-order valence-electron chi connectivity index (χ4n) is 4.56. The van der Waals surface area contributed by atoms with Gasteiger partial charge in [-0.2, -0.15) is 10.2 Å². The summed E-state index contributed by atoms with van der Waals surface area (Å²) >= 11 is 0. The number of likely N-dealkylation sites (tertiary alicyclic amines) is 1. The summed E-state index contributed by atoms with van der Waals surface area (Å²) in [6.45, 7) is 3.77. The van der Waals surface area contributed by atoms with Crippen LogP contribution in [0, 0.1) is 5.92 Å². The highest BCUT2D eigenvalue weighted by Crippen LogP contribution is 2.28. The molecular formula is C24H25N5O. The topological polar surface area (TPSA) is 66.8 Å². The predicted octanol–water partition coefficient (Wildman–Crippen LogP) is 3.91. The Labute approximate surface area is 175 Å². The van der Waals surface area contributed by atoms with E-state index < -0.39 is 0 Å². The number of benzene rings is 2. The summed E-state index contributed by atoms with van der Waals surface area (Å²) in [5.41, 5.74) is 4.40. The third kappa shape index (κ3) is 3.61. The first-order chi connectivity index (χ1) is 14.7. The number of aromatic amines is 1. The van der Waals surface area contributed by atoms with Gasteiger partial charge in [-0.05, 0) is 42.5 Å². The Bertz CT molecular complexity index is 1150. The van der Waals surface area contributed by atoms with Crippen molar-refractivity contribution in [3.63, 3.8) is 0 Å². The summed E-state index contributed by atoms with van der Waals surface area (Å²) in [5, 5.41) is 12.6. The lowest BCUT2D eigenvalue weighted by atomic mass is 10.1. The molecule has 0 radical (unpaired) electrons. The van der Waals surface area contributed by atoms with Crippen LogP contribution in [0.5, 0.6) is 0 Å². The van der Waals surface area contributed by atoms with Crippen LogP contribution in [0.25, 0.3) is 22.0 Å². The van der Waals surface area contributed by atoms with Crippen molar-refractivity contribution >= 4 is 16.8 Å². The van der Waals surface area contributed by atoms with Gasteiger partial charge in [0, 0.05) is 36.3 Å². The molecule has 1 saturated heterocycles. The molecule has 5 rings (SSSR count). The Balaban J connectivity index is 1.28. The molecule has 0 aliphatic carbocycles. The second-order valence-electron chi connectivity index (χ2n) is 8.25. The monoisotopic (exact) mass is 399 g/mol. The van der Waals surface area contributed by atoms with Gasteiger partial charge in [0.2, 0.25) is 5.91 Å². The van der Waals surface area contributed by atoms with Crippen LogP contribution in [0.15, 0.2) is 67.1 Å². The highest BCUT2D eigenvalue weighted by molar-refractivity contribution is 5.84. The Morgan fingerprint density at radius 1 is 1.13 bits per heavy atom. The average molecular weight is 399 g/mol. The lowest BCUT2D eigenvalue weighted by Crippen LogP contribution is -2.35. The van der Waals surface area contributed by atoms with Gasteiger partial charge in [0.1, 0.15) is 0 Å². The van der Waals surface area contributed by atoms with Gasteiger partial charge in [0.25, 0.3) is 0 Å². The molecule has 1 N–H and O–H groups in total. The molecule has 0 spiro atoms. The molecule has 3 heterocycles. The van der Waals surface area contributed by atoms with Crippen molar-refractivity contribution in [1.82, 2.24) is 24.9 Å². The number of nitrogens with one attached hydrogen (secondary N) is 1. The standard InChI is InChI=1S/C24H25N5O/c1-17-9-19(15-28(17)24(30)10-18-5-3-2-4-6-18)16-29-23-8-7-20(11-21(23)14-27-29)22-12-25-26-13-22/h2-8,11-14,17,19H,9-10,15-16H2,1H3,(H,25,26)/t17-,19-/m0/s1. The van der Waals surface area contributed by atoms with Gasteiger partial charge in [-0.15, -0.1) is 0 Å². The van der Waals surface area contributed by atoms with Crippen LogP contribution in [0.3, 0.4) is 0 Å². The molecule has 1 fully saturated rings. The van der Waals surface area contributed by atoms with Gasteiger partial charge in [0.05, 0.1) is 24.3 Å².